The average molecular weight is 1110 g/mol. The number of fused-ring (bicyclic) bond motifs is 3. The van der Waals surface area contributed by atoms with Gasteiger partial charge >= 0.3 is 5.97 Å². The Balaban J connectivity index is 1.41. The monoisotopic (exact) mass is 1110 g/mol. The lowest BCUT2D eigenvalue weighted by molar-refractivity contribution is -0.266. The maximum atomic E-state index is 14.7. The zero-order valence-corrected chi connectivity index (χ0v) is 50.1. The highest BCUT2D eigenvalue weighted by Gasteiger charge is 2.53. The van der Waals surface area contributed by atoms with Crippen molar-refractivity contribution in [1.29, 1.82) is 0 Å². The van der Waals surface area contributed by atoms with Gasteiger partial charge in [-0.1, -0.05) is 71.1 Å². The first-order valence-electron chi connectivity index (χ1n) is 29.8. The van der Waals surface area contributed by atoms with E-state index in [2.05, 4.69) is 23.6 Å². The number of Topliss-reactive ketones (excluding diaryl/α,β-unsaturated/α-hetero) is 3. The molecule has 1 aliphatic carbocycles. The topological polar surface area (TPSA) is 200 Å². The van der Waals surface area contributed by atoms with E-state index >= 15 is 0 Å². The molecular formula is C62H101N3O14. The van der Waals surface area contributed by atoms with Gasteiger partial charge in [-0.25, -0.2) is 4.79 Å². The lowest BCUT2D eigenvalue weighted by Crippen LogP contribution is -2.61. The van der Waals surface area contributed by atoms with Crippen molar-refractivity contribution in [3.8, 4) is 0 Å². The number of allylic oxidation sites excluding steroid dienone is 6. The lowest BCUT2D eigenvalue weighted by Gasteiger charge is -2.43. The first kappa shape index (κ1) is 66.3. The molecule has 0 radical (unpaired) electrons. The van der Waals surface area contributed by atoms with Crippen LogP contribution in [0.1, 0.15) is 139 Å². The number of ketones is 3. The summed E-state index contributed by atoms with van der Waals surface area (Å²) in [6.07, 6.45) is 12.4. The molecule has 5 aliphatic rings. The van der Waals surface area contributed by atoms with E-state index in [1.807, 2.05) is 58.1 Å². The van der Waals surface area contributed by atoms with Gasteiger partial charge in [-0.15, -0.1) is 0 Å². The number of esters is 1. The van der Waals surface area contributed by atoms with Gasteiger partial charge in [0, 0.05) is 97.2 Å². The van der Waals surface area contributed by atoms with Crippen LogP contribution in [0.3, 0.4) is 0 Å². The van der Waals surface area contributed by atoms with Gasteiger partial charge in [0.1, 0.15) is 30.1 Å². The average Bonchev–Trinajstić information content (AvgIpc) is 3.47. The van der Waals surface area contributed by atoms with Crippen LogP contribution >= 0.6 is 0 Å². The van der Waals surface area contributed by atoms with Crippen molar-refractivity contribution in [1.82, 2.24) is 14.7 Å². The second-order valence-corrected chi connectivity index (χ2v) is 24.0. The molecule has 15 atom stereocenters. The quantitative estimate of drug-likeness (QED) is 0.0762. The van der Waals surface area contributed by atoms with Gasteiger partial charge in [0.2, 0.25) is 5.79 Å². The maximum Gasteiger partial charge on any atom is 0.329 e. The molecule has 0 aromatic rings. The fourth-order valence-corrected chi connectivity index (χ4v) is 12.3. The molecule has 17 heteroatoms. The molecule has 0 aromatic heterocycles. The molecule has 2 N–H and O–H groups in total. The zero-order valence-electron chi connectivity index (χ0n) is 50.1. The summed E-state index contributed by atoms with van der Waals surface area (Å²) in [7, 11) is 4.70. The molecule has 2 unspecified atom stereocenters. The number of aliphatic hydroxyl groups is 2. The molecule has 4 fully saturated rings. The predicted octanol–water partition coefficient (Wildman–Crippen LogP) is 7.25. The van der Waals surface area contributed by atoms with E-state index in [0.29, 0.717) is 63.4 Å². The number of cyclic esters (lactones) is 1. The number of hydrogen-bond acceptors (Lipinski definition) is 16. The van der Waals surface area contributed by atoms with Crippen LogP contribution in [-0.4, -0.2) is 195 Å². The largest absolute Gasteiger partial charge is 0.460 e. The number of aliphatic hydroxyl groups excluding tert-OH is 1. The third-order valence-electron chi connectivity index (χ3n) is 17.7. The molecule has 5 rings (SSSR count). The van der Waals surface area contributed by atoms with Crippen LogP contribution in [0.25, 0.3) is 0 Å². The van der Waals surface area contributed by atoms with Crippen LogP contribution in [0.2, 0.25) is 0 Å². The van der Waals surface area contributed by atoms with E-state index in [0.717, 1.165) is 57.6 Å². The van der Waals surface area contributed by atoms with Crippen LogP contribution < -0.4 is 0 Å². The first-order valence-corrected chi connectivity index (χ1v) is 29.8. The Kier molecular flexibility index (Phi) is 27.2. The number of methoxy groups -OCH3 is 3. The summed E-state index contributed by atoms with van der Waals surface area (Å²) in [5.74, 6) is -7.91. The third-order valence-corrected chi connectivity index (χ3v) is 17.7. The maximum absolute atomic E-state index is 14.7. The van der Waals surface area contributed by atoms with Gasteiger partial charge in [0.25, 0.3) is 11.7 Å². The van der Waals surface area contributed by atoms with Crippen LogP contribution in [0, 0.1) is 35.5 Å². The summed E-state index contributed by atoms with van der Waals surface area (Å²) in [5.41, 5.74) is 1.26. The van der Waals surface area contributed by atoms with Gasteiger partial charge in [-0.05, 0) is 121 Å². The normalized spacial score (nSPS) is 36.1. The van der Waals surface area contributed by atoms with Crippen molar-refractivity contribution in [3.05, 3.63) is 47.6 Å². The number of carbonyl (C=O) groups is 5. The van der Waals surface area contributed by atoms with Crippen molar-refractivity contribution < 1.29 is 67.3 Å². The van der Waals surface area contributed by atoms with Crippen molar-refractivity contribution in [3.63, 3.8) is 0 Å². The number of rotatable bonds is 14. The molecular weight excluding hydrogens is 1010 g/mol. The first-order chi connectivity index (χ1) is 37.6. The summed E-state index contributed by atoms with van der Waals surface area (Å²) in [6, 6.07) is -0.607. The summed E-state index contributed by atoms with van der Waals surface area (Å²) >= 11 is 0. The minimum absolute atomic E-state index is 0.00459. The van der Waals surface area contributed by atoms with Crippen molar-refractivity contribution in [2.24, 2.45) is 35.5 Å². The molecule has 1 amide bonds. The van der Waals surface area contributed by atoms with E-state index in [9.17, 15) is 34.2 Å². The molecule has 4 heterocycles. The van der Waals surface area contributed by atoms with Crippen LogP contribution in [-0.2, 0) is 57.1 Å². The Morgan fingerprint density at radius 2 is 1.51 bits per heavy atom. The van der Waals surface area contributed by atoms with E-state index in [1.54, 1.807) is 41.1 Å². The van der Waals surface area contributed by atoms with Gasteiger partial charge in [-0.3, -0.25) is 29.0 Å². The van der Waals surface area contributed by atoms with E-state index < -0.39 is 77.8 Å². The standard InChI is InChI=1S/C62H101N3O14/c1-40(2)64-28-26-63(27-29-64)30-31-76-52-24-22-48(37-55(52)74-11)36-44(6)54-39-51(66)43(5)35-46(8)57(68)58(75-12)56(67)45(7)34-41(3)18-14-13-15-19-42(4)53(77-33-32-73-10)38-49-23-21-47(9)62(72,79-49)59(69)60(70)65-25-17-16-20-50(65)61(71)78-54/h13-15,18-19,35,40-41,43-45,47-50,52-55,57-58,68,72H,16-17,20-34,36-39H2,1-12H3/b15-13?,18-14+,42-19?,46-35+/t41-,43-,44-,45-,47-,48+,49+,50?,52-,53?,54+,55-,57-,58+,62-/m1/s1. The van der Waals surface area contributed by atoms with Crippen LogP contribution in [0.4, 0.5) is 0 Å². The lowest BCUT2D eigenvalue weighted by atomic mass is 9.78. The Labute approximate surface area is 473 Å². The number of piperazine rings is 1. The van der Waals surface area contributed by atoms with Gasteiger partial charge in [0.15, 0.2) is 5.78 Å². The predicted molar refractivity (Wildman–Crippen MR) is 303 cm³/mol. The van der Waals surface area contributed by atoms with Crippen LogP contribution in [0.5, 0.6) is 0 Å². The second-order valence-electron chi connectivity index (χ2n) is 24.0. The number of carbonyl (C=O) groups excluding carboxylic acids is 5. The SMILES string of the molecule is COCCOC1C[C@@H]2CC[C@@H](C)[C@@](O)(O2)C(=O)C(=O)N2CCCCC2C(=O)O[C@H]([C@H](C)C[C@@H]2CC[C@@H](OCCN3CCN(C(C)C)CC3)[C@H](OC)C2)CC(=O)[C@H](C)/C=C(\C)[C@@H](O)[C@@H](OC)C(=O)[C@H](C)C[C@H](C)/C=C/C=CC=C1C. The van der Waals surface area contributed by atoms with Gasteiger partial charge < -0.3 is 48.3 Å². The summed E-state index contributed by atoms with van der Waals surface area (Å²) in [4.78, 5) is 78.2. The summed E-state index contributed by atoms with van der Waals surface area (Å²) < 4.78 is 42.4. The molecule has 0 aromatic carbocycles. The van der Waals surface area contributed by atoms with Crippen molar-refractivity contribution >= 4 is 29.2 Å². The Morgan fingerprint density at radius 1 is 0.772 bits per heavy atom. The number of amides is 1. The van der Waals surface area contributed by atoms with Crippen LogP contribution in [0.15, 0.2) is 47.6 Å². The van der Waals surface area contributed by atoms with Crippen molar-refractivity contribution in [2.45, 2.75) is 200 Å². The van der Waals surface area contributed by atoms with E-state index in [1.165, 1.54) is 12.0 Å². The van der Waals surface area contributed by atoms with Gasteiger partial charge in [-0.2, -0.15) is 0 Å². The summed E-state index contributed by atoms with van der Waals surface area (Å²) in [5, 5.41) is 23.8. The fraction of sp³-hybridized carbons (Fsp3) is 0.790. The molecule has 79 heavy (non-hydrogen) atoms. The van der Waals surface area contributed by atoms with Gasteiger partial charge in [0.05, 0.1) is 44.2 Å². The smallest absolute Gasteiger partial charge is 0.329 e. The molecule has 3 saturated heterocycles. The number of piperidine rings is 1. The van der Waals surface area contributed by atoms with Crippen molar-refractivity contribution in [2.75, 3.05) is 80.4 Å². The summed E-state index contributed by atoms with van der Waals surface area (Å²) in [6.45, 7) is 23.7. The zero-order chi connectivity index (χ0) is 58.0. The minimum atomic E-state index is -2.46. The Morgan fingerprint density at radius 3 is 2.19 bits per heavy atom. The Bertz CT molecular complexity index is 2090. The number of hydrogen-bond donors (Lipinski definition) is 2. The fourth-order valence-electron chi connectivity index (χ4n) is 12.3. The third kappa shape index (κ3) is 19.0. The number of nitrogens with zero attached hydrogens (tertiary/aromatic N) is 3. The highest BCUT2D eigenvalue weighted by molar-refractivity contribution is 6.39. The molecule has 17 nitrogen and oxygen atoms in total. The Hall–Kier alpha value is -3.49. The van der Waals surface area contributed by atoms with E-state index in [4.69, 9.17) is 33.2 Å². The molecule has 1 saturated carbocycles. The highest BCUT2D eigenvalue weighted by Crippen LogP contribution is 2.38. The number of ether oxygens (including phenoxy) is 7. The molecule has 4 aliphatic heterocycles. The molecule has 2 bridgehead atoms. The van der Waals surface area contributed by atoms with E-state index in [-0.39, 0.29) is 73.9 Å². The second kappa shape index (κ2) is 32.4. The molecule has 448 valence electrons. The highest BCUT2D eigenvalue weighted by atomic mass is 16.6. The minimum Gasteiger partial charge on any atom is -0.460 e. The molecule has 0 spiro atoms.